The number of piperidine rings is 1. The van der Waals surface area contributed by atoms with E-state index in [-0.39, 0.29) is 16.8 Å². The number of hydrogen-bond acceptors (Lipinski definition) is 3. The fraction of sp³-hybridized carbons (Fsp3) is 0.500. The molecule has 1 aromatic carbocycles. The highest BCUT2D eigenvalue weighted by Gasteiger charge is 2.28. The number of amides is 1. The van der Waals surface area contributed by atoms with E-state index in [4.69, 9.17) is 0 Å². The molecule has 0 bridgehead atoms. The first kappa shape index (κ1) is 17.2. The zero-order valence-electron chi connectivity index (χ0n) is 13.7. The minimum atomic E-state index is -3.53. The van der Waals surface area contributed by atoms with Crippen LogP contribution in [0.25, 0.3) is 0 Å². The highest BCUT2D eigenvalue weighted by atomic mass is 32.2. The lowest BCUT2D eigenvalue weighted by atomic mass is 10.0. The lowest BCUT2D eigenvalue weighted by Crippen LogP contribution is -2.49. The van der Waals surface area contributed by atoms with Crippen molar-refractivity contribution in [3.8, 4) is 0 Å². The van der Waals surface area contributed by atoms with Crippen LogP contribution in [0.5, 0.6) is 0 Å². The smallest absolute Gasteiger partial charge is 0.240 e. The molecule has 1 N–H and O–H groups in total. The van der Waals surface area contributed by atoms with E-state index in [9.17, 15) is 13.2 Å². The number of allylic oxidation sites excluding steroid dienone is 2. The second-order valence-corrected chi connectivity index (χ2v) is 8.30. The molecule has 2 atom stereocenters. The zero-order chi connectivity index (χ0) is 17.0. The molecule has 0 saturated carbocycles. The van der Waals surface area contributed by atoms with Crippen LogP contribution in [-0.4, -0.2) is 38.4 Å². The zero-order valence-corrected chi connectivity index (χ0v) is 14.5. The Bertz CT molecular complexity index is 700. The first-order chi connectivity index (χ1) is 11.5. The molecule has 2 aliphatic rings. The molecular formula is C18H24N2O3S. The van der Waals surface area contributed by atoms with Gasteiger partial charge in [0.25, 0.3) is 0 Å². The van der Waals surface area contributed by atoms with Gasteiger partial charge in [-0.05, 0) is 43.7 Å². The fourth-order valence-electron chi connectivity index (χ4n) is 3.41. The summed E-state index contributed by atoms with van der Waals surface area (Å²) in [6.45, 7) is 1.18. The average molecular weight is 348 g/mol. The molecule has 1 aliphatic heterocycles. The SMILES string of the molecule is O=C(CC1C=CCC1)N1CCCC(NS(=O)(=O)c2ccccc2)C1. The second kappa shape index (κ2) is 7.49. The highest BCUT2D eigenvalue weighted by Crippen LogP contribution is 2.22. The summed E-state index contributed by atoms with van der Waals surface area (Å²) in [6, 6.07) is 8.16. The van der Waals surface area contributed by atoms with Gasteiger partial charge in [-0.15, -0.1) is 0 Å². The summed E-state index contributed by atoms with van der Waals surface area (Å²) in [4.78, 5) is 14.5. The van der Waals surface area contributed by atoms with Crippen LogP contribution in [0.3, 0.4) is 0 Å². The van der Waals surface area contributed by atoms with Gasteiger partial charge in [0.2, 0.25) is 15.9 Å². The van der Waals surface area contributed by atoms with Crippen LogP contribution in [0, 0.1) is 5.92 Å². The van der Waals surface area contributed by atoms with E-state index in [0.29, 0.717) is 18.9 Å². The van der Waals surface area contributed by atoms with Gasteiger partial charge in [-0.25, -0.2) is 13.1 Å². The minimum Gasteiger partial charge on any atom is -0.341 e. The summed E-state index contributed by atoms with van der Waals surface area (Å²) >= 11 is 0. The number of rotatable bonds is 5. The number of benzene rings is 1. The molecule has 1 amide bonds. The van der Waals surface area contributed by atoms with Gasteiger partial charge < -0.3 is 4.90 Å². The molecule has 1 saturated heterocycles. The third-order valence-corrected chi connectivity index (χ3v) is 6.24. The standard InChI is InChI=1S/C18H24N2O3S/c21-18(13-15-7-4-5-8-15)20-12-6-9-16(14-20)19-24(22,23)17-10-2-1-3-11-17/h1-4,7,10-11,15-16,19H,5-6,8-9,12-14H2. The molecule has 3 rings (SSSR count). The van der Waals surface area contributed by atoms with E-state index in [1.165, 1.54) is 0 Å². The number of nitrogens with zero attached hydrogens (tertiary/aromatic N) is 1. The van der Waals surface area contributed by atoms with Gasteiger partial charge in [0.05, 0.1) is 4.90 Å². The van der Waals surface area contributed by atoms with Crippen LogP contribution in [-0.2, 0) is 14.8 Å². The van der Waals surface area contributed by atoms with Gasteiger partial charge in [0.15, 0.2) is 0 Å². The van der Waals surface area contributed by atoms with Crippen LogP contribution in [0.4, 0.5) is 0 Å². The van der Waals surface area contributed by atoms with Crippen molar-refractivity contribution >= 4 is 15.9 Å². The van der Waals surface area contributed by atoms with Gasteiger partial charge in [-0.1, -0.05) is 30.4 Å². The summed E-state index contributed by atoms with van der Waals surface area (Å²) in [5, 5.41) is 0. The van der Waals surface area contributed by atoms with E-state index < -0.39 is 10.0 Å². The quantitative estimate of drug-likeness (QED) is 0.831. The Morgan fingerprint density at radius 1 is 1.21 bits per heavy atom. The summed E-state index contributed by atoms with van der Waals surface area (Å²) in [5.74, 6) is 0.481. The molecule has 1 aromatic rings. The normalized spacial score (nSPS) is 24.2. The summed E-state index contributed by atoms with van der Waals surface area (Å²) in [7, 11) is -3.53. The molecule has 0 radical (unpaired) electrons. The maximum atomic E-state index is 12.5. The van der Waals surface area contributed by atoms with Gasteiger partial charge in [0.1, 0.15) is 0 Å². The van der Waals surface area contributed by atoms with Crippen LogP contribution < -0.4 is 4.72 Å². The van der Waals surface area contributed by atoms with Crippen molar-refractivity contribution < 1.29 is 13.2 Å². The number of hydrogen-bond donors (Lipinski definition) is 1. The minimum absolute atomic E-state index is 0.134. The van der Waals surface area contributed by atoms with E-state index >= 15 is 0 Å². The molecule has 1 aliphatic carbocycles. The molecule has 6 heteroatoms. The third-order valence-electron chi connectivity index (χ3n) is 4.70. The van der Waals surface area contributed by atoms with Crippen molar-refractivity contribution in [2.75, 3.05) is 13.1 Å². The van der Waals surface area contributed by atoms with Crippen molar-refractivity contribution in [1.29, 1.82) is 0 Å². The highest BCUT2D eigenvalue weighted by molar-refractivity contribution is 7.89. The van der Waals surface area contributed by atoms with Crippen molar-refractivity contribution in [1.82, 2.24) is 9.62 Å². The molecule has 0 spiro atoms. The van der Waals surface area contributed by atoms with Gasteiger partial charge in [-0.3, -0.25) is 4.79 Å². The molecule has 2 unspecified atom stereocenters. The van der Waals surface area contributed by atoms with Crippen LogP contribution in [0.2, 0.25) is 0 Å². The Labute approximate surface area is 143 Å². The van der Waals surface area contributed by atoms with Crippen molar-refractivity contribution in [2.45, 2.75) is 43.0 Å². The largest absolute Gasteiger partial charge is 0.341 e. The Balaban J connectivity index is 1.59. The van der Waals surface area contributed by atoms with Crippen molar-refractivity contribution in [3.05, 3.63) is 42.5 Å². The molecule has 130 valence electrons. The van der Waals surface area contributed by atoms with Gasteiger partial charge >= 0.3 is 0 Å². The maximum absolute atomic E-state index is 12.5. The fourth-order valence-corrected chi connectivity index (χ4v) is 4.69. The van der Waals surface area contributed by atoms with E-state index in [1.54, 1.807) is 30.3 Å². The molecule has 24 heavy (non-hydrogen) atoms. The van der Waals surface area contributed by atoms with Crippen LogP contribution in [0.1, 0.15) is 32.1 Å². The summed E-state index contributed by atoms with van der Waals surface area (Å²) in [5.41, 5.74) is 0. The predicted octanol–water partition coefficient (Wildman–Crippen LogP) is 2.31. The summed E-state index contributed by atoms with van der Waals surface area (Å²) < 4.78 is 27.6. The molecule has 1 heterocycles. The van der Waals surface area contributed by atoms with Gasteiger partial charge in [-0.2, -0.15) is 0 Å². The van der Waals surface area contributed by atoms with Crippen molar-refractivity contribution in [3.63, 3.8) is 0 Å². The molecule has 1 fully saturated rings. The van der Waals surface area contributed by atoms with Crippen LogP contribution >= 0.6 is 0 Å². The van der Waals surface area contributed by atoms with E-state index in [1.807, 2.05) is 4.90 Å². The predicted molar refractivity (Wildman–Crippen MR) is 92.8 cm³/mol. The van der Waals surface area contributed by atoms with Crippen molar-refractivity contribution in [2.24, 2.45) is 5.92 Å². The average Bonchev–Trinajstić information content (AvgIpc) is 3.08. The molecule has 5 nitrogen and oxygen atoms in total. The second-order valence-electron chi connectivity index (χ2n) is 6.58. The van der Waals surface area contributed by atoms with E-state index in [2.05, 4.69) is 16.9 Å². The first-order valence-corrected chi connectivity index (χ1v) is 10.0. The van der Waals surface area contributed by atoms with Crippen LogP contribution in [0.15, 0.2) is 47.4 Å². The Hall–Kier alpha value is -1.66. The number of sulfonamides is 1. The lowest BCUT2D eigenvalue weighted by molar-refractivity contribution is -0.133. The molecular weight excluding hydrogens is 324 g/mol. The number of carbonyl (C=O) groups is 1. The monoisotopic (exact) mass is 348 g/mol. The number of nitrogens with one attached hydrogen (secondary N) is 1. The van der Waals surface area contributed by atoms with Gasteiger partial charge in [0, 0.05) is 25.6 Å². The first-order valence-electron chi connectivity index (χ1n) is 8.56. The summed E-state index contributed by atoms with van der Waals surface area (Å²) in [6.07, 6.45) is 8.48. The maximum Gasteiger partial charge on any atom is 0.240 e. The number of carbonyl (C=O) groups excluding carboxylic acids is 1. The molecule has 0 aromatic heterocycles. The Morgan fingerprint density at radius 3 is 2.71 bits per heavy atom. The Morgan fingerprint density at radius 2 is 2.00 bits per heavy atom. The van der Waals surface area contributed by atoms with E-state index in [0.717, 1.165) is 32.2 Å². The Kier molecular flexibility index (Phi) is 5.36. The topological polar surface area (TPSA) is 66.5 Å². The third kappa shape index (κ3) is 4.24. The lowest BCUT2D eigenvalue weighted by Gasteiger charge is -2.33. The number of likely N-dealkylation sites (tertiary alicyclic amines) is 1.